The van der Waals surface area contributed by atoms with Crippen LogP contribution in [0.25, 0.3) is 0 Å². The van der Waals surface area contributed by atoms with E-state index in [0.29, 0.717) is 12.3 Å². The molecular formula is C17H26N2O. The van der Waals surface area contributed by atoms with Gasteiger partial charge >= 0.3 is 0 Å². The fourth-order valence-electron chi connectivity index (χ4n) is 3.04. The monoisotopic (exact) mass is 274 g/mol. The number of aryl methyl sites for hydroxylation is 1. The summed E-state index contributed by atoms with van der Waals surface area (Å²) < 4.78 is 0. The van der Waals surface area contributed by atoms with Gasteiger partial charge in [-0.1, -0.05) is 19.9 Å². The van der Waals surface area contributed by atoms with E-state index in [9.17, 15) is 4.79 Å². The van der Waals surface area contributed by atoms with Crippen LogP contribution in [0.3, 0.4) is 0 Å². The first-order valence-corrected chi connectivity index (χ1v) is 7.83. The number of likely N-dealkylation sites (tertiary alicyclic amines) is 1. The molecule has 0 N–H and O–H groups in total. The second-order valence-corrected chi connectivity index (χ2v) is 6.30. The molecule has 0 aromatic carbocycles. The van der Waals surface area contributed by atoms with Crippen molar-refractivity contribution in [3.05, 3.63) is 30.1 Å². The molecule has 0 bridgehead atoms. The Balaban J connectivity index is 1.68. The molecule has 0 radical (unpaired) electrons. The van der Waals surface area contributed by atoms with Crippen LogP contribution in [0.4, 0.5) is 0 Å². The lowest BCUT2D eigenvalue weighted by Crippen LogP contribution is -2.28. The maximum Gasteiger partial charge on any atom is 0.222 e. The van der Waals surface area contributed by atoms with E-state index in [4.69, 9.17) is 0 Å². The normalized spacial score (nSPS) is 18.8. The van der Waals surface area contributed by atoms with E-state index >= 15 is 0 Å². The van der Waals surface area contributed by atoms with Gasteiger partial charge in [0.2, 0.25) is 5.91 Å². The van der Waals surface area contributed by atoms with Crippen molar-refractivity contribution in [3.63, 3.8) is 0 Å². The van der Waals surface area contributed by atoms with Crippen molar-refractivity contribution in [2.24, 2.45) is 11.8 Å². The Morgan fingerprint density at radius 2 is 2.30 bits per heavy atom. The largest absolute Gasteiger partial charge is 0.342 e. The Morgan fingerprint density at radius 1 is 1.45 bits per heavy atom. The number of aromatic nitrogens is 1. The quantitative estimate of drug-likeness (QED) is 0.797. The summed E-state index contributed by atoms with van der Waals surface area (Å²) >= 11 is 0. The van der Waals surface area contributed by atoms with Gasteiger partial charge in [-0.3, -0.25) is 9.78 Å². The van der Waals surface area contributed by atoms with Crippen LogP contribution in [0.5, 0.6) is 0 Å². The Bertz CT molecular complexity index is 416. The Hall–Kier alpha value is -1.38. The number of carbonyl (C=O) groups is 1. The average molecular weight is 274 g/mol. The molecule has 1 fully saturated rings. The molecule has 1 amide bonds. The third-order valence-corrected chi connectivity index (χ3v) is 3.99. The van der Waals surface area contributed by atoms with Gasteiger partial charge in [0.15, 0.2) is 0 Å². The minimum absolute atomic E-state index is 0.326. The van der Waals surface area contributed by atoms with E-state index in [2.05, 4.69) is 23.7 Å². The molecule has 1 aromatic heterocycles. The van der Waals surface area contributed by atoms with Gasteiger partial charge in [0.05, 0.1) is 0 Å². The SMILES string of the molecule is CC(C)C[C@H]1CCN(C(=O)CCCc2ccccn2)C1. The molecule has 3 nitrogen and oxygen atoms in total. The van der Waals surface area contributed by atoms with Gasteiger partial charge in [0.1, 0.15) is 0 Å². The summed E-state index contributed by atoms with van der Waals surface area (Å²) in [5.41, 5.74) is 1.08. The number of hydrogen-bond acceptors (Lipinski definition) is 2. The zero-order valence-corrected chi connectivity index (χ0v) is 12.7. The summed E-state index contributed by atoms with van der Waals surface area (Å²) in [6, 6.07) is 5.95. The van der Waals surface area contributed by atoms with Crippen LogP contribution in [0, 0.1) is 11.8 Å². The lowest BCUT2D eigenvalue weighted by Gasteiger charge is -2.17. The van der Waals surface area contributed by atoms with E-state index in [1.807, 2.05) is 24.4 Å². The maximum atomic E-state index is 12.2. The van der Waals surface area contributed by atoms with Gasteiger partial charge in [-0.15, -0.1) is 0 Å². The zero-order valence-electron chi connectivity index (χ0n) is 12.7. The summed E-state index contributed by atoms with van der Waals surface area (Å²) in [6.45, 7) is 6.45. The van der Waals surface area contributed by atoms with Crippen LogP contribution in [0.1, 0.15) is 45.2 Å². The van der Waals surface area contributed by atoms with Crippen molar-refractivity contribution in [3.8, 4) is 0 Å². The van der Waals surface area contributed by atoms with E-state index in [-0.39, 0.29) is 0 Å². The van der Waals surface area contributed by atoms with E-state index in [0.717, 1.165) is 43.5 Å². The van der Waals surface area contributed by atoms with Crippen molar-refractivity contribution < 1.29 is 4.79 Å². The highest BCUT2D eigenvalue weighted by Crippen LogP contribution is 2.23. The number of amides is 1. The van der Waals surface area contributed by atoms with Crippen LogP contribution < -0.4 is 0 Å². The van der Waals surface area contributed by atoms with Gasteiger partial charge in [0.25, 0.3) is 0 Å². The molecule has 20 heavy (non-hydrogen) atoms. The third kappa shape index (κ3) is 4.62. The highest BCUT2D eigenvalue weighted by atomic mass is 16.2. The van der Waals surface area contributed by atoms with Gasteiger partial charge in [0, 0.05) is 31.4 Å². The predicted molar refractivity (Wildman–Crippen MR) is 81.3 cm³/mol. The Kier molecular flexibility index (Phi) is 5.57. The number of nitrogens with zero attached hydrogens (tertiary/aromatic N) is 2. The molecule has 2 rings (SSSR count). The van der Waals surface area contributed by atoms with E-state index < -0.39 is 0 Å². The number of hydrogen-bond donors (Lipinski definition) is 0. The van der Waals surface area contributed by atoms with E-state index in [1.165, 1.54) is 12.8 Å². The van der Waals surface area contributed by atoms with Crippen LogP contribution in [0.2, 0.25) is 0 Å². The van der Waals surface area contributed by atoms with Gasteiger partial charge in [-0.05, 0) is 49.7 Å². The fraction of sp³-hybridized carbons (Fsp3) is 0.647. The summed E-state index contributed by atoms with van der Waals surface area (Å²) in [6.07, 6.45) is 6.71. The predicted octanol–water partition coefficient (Wildman–Crippen LogP) is 3.30. The minimum atomic E-state index is 0.326. The molecule has 0 unspecified atom stereocenters. The lowest BCUT2D eigenvalue weighted by atomic mass is 9.97. The standard InChI is InChI=1S/C17H26N2O/c1-14(2)12-15-9-11-19(13-15)17(20)8-5-7-16-6-3-4-10-18-16/h3-4,6,10,14-15H,5,7-9,11-13H2,1-2H3/t15-/m1/s1. The number of pyridine rings is 1. The van der Waals surface area contributed by atoms with Crippen LogP contribution >= 0.6 is 0 Å². The van der Waals surface area contributed by atoms with Crippen molar-refractivity contribution in [1.82, 2.24) is 9.88 Å². The molecule has 1 aliphatic rings. The van der Waals surface area contributed by atoms with Crippen LogP contribution in [-0.4, -0.2) is 28.9 Å². The summed E-state index contributed by atoms with van der Waals surface area (Å²) in [7, 11) is 0. The van der Waals surface area contributed by atoms with Crippen molar-refractivity contribution in [1.29, 1.82) is 0 Å². The van der Waals surface area contributed by atoms with Crippen molar-refractivity contribution in [2.45, 2.75) is 46.0 Å². The summed E-state index contributed by atoms with van der Waals surface area (Å²) in [5, 5.41) is 0. The highest BCUT2D eigenvalue weighted by molar-refractivity contribution is 5.76. The molecule has 1 aromatic rings. The van der Waals surface area contributed by atoms with Crippen LogP contribution in [0.15, 0.2) is 24.4 Å². The third-order valence-electron chi connectivity index (χ3n) is 3.99. The molecule has 1 atom stereocenters. The topological polar surface area (TPSA) is 33.2 Å². The first-order valence-electron chi connectivity index (χ1n) is 7.83. The molecule has 0 aliphatic carbocycles. The second-order valence-electron chi connectivity index (χ2n) is 6.30. The second kappa shape index (κ2) is 7.41. The summed E-state index contributed by atoms with van der Waals surface area (Å²) in [4.78, 5) is 18.5. The molecule has 2 heterocycles. The van der Waals surface area contributed by atoms with Crippen molar-refractivity contribution in [2.75, 3.05) is 13.1 Å². The minimum Gasteiger partial charge on any atom is -0.342 e. The van der Waals surface area contributed by atoms with Gasteiger partial charge in [-0.2, -0.15) is 0 Å². The zero-order chi connectivity index (χ0) is 14.4. The Labute approximate surface area is 122 Å². The molecule has 1 aliphatic heterocycles. The lowest BCUT2D eigenvalue weighted by molar-refractivity contribution is -0.130. The van der Waals surface area contributed by atoms with Gasteiger partial charge < -0.3 is 4.90 Å². The summed E-state index contributed by atoms with van der Waals surface area (Å²) in [5.74, 6) is 1.78. The fourth-order valence-corrected chi connectivity index (χ4v) is 3.04. The average Bonchev–Trinajstić information content (AvgIpc) is 2.87. The van der Waals surface area contributed by atoms with Crippen molar-refractivity contribution >= 4 is 5.91 Å². The molecule has 3 heteroatoms. The highest BCUT2D eigenvalue weighted by Gasteiger charge is 2.26. The number of rotatable bonds is 6. The smallest absolute Gasteiger partial charge is 0.222 e. The first-order chi connectivity index (χ1) is 9.65. The van der Waals surface area contributed by atoms with Gasteiger partial charge in [-0.25, -0.2) is 0 Å². The Morgan fingerprint density at radius 3 is 3.00 bits per heavy atom. The molecule has 0 spiro atoms. The van der Waals surface area contributed by atoms with Crippen LogP contribution in [-0.2, 0) is 11.2 Å². The first kappa shape index (κ1) is 15.0. The molecular weight excluding hydrogens is 248 g/mol. The molecule has 110 valence electrons. The number of carbonyl (C=O) groups excluding carboxylic acids is 1. The molecule has 0 saturated carbocycles. The van der Waals surface area contributed by atoms with E-state index in [1.54, 1.807) is 0 Å². The maximum absolute atomic E-state index is 12.2. The molecule has 1 saturated heterocycles.